The maximum atomic E-state index is 12.1. The molecule has 1 unspecified atom stereocenters. The molecule has 5 nitrogen and oxygen atoms in total. The molecule has 0 aliphatic carbocycles. The summed E-state index contributed by atoms with van der Waals surface area (Å²) in [4.78, 5) is 14.1. The largest absolute Gasteiger partial charge is 0.370 e. The highest BCUT2D eigenvalue weighted by Gasteiger charge is 2.19. The van der Waals surface area contributed by atoms with Crippen molar-refractivity contribution in [2.24, 2.45) is 0 Å². The standard InChI is InChI=1S/C13H21ClN4O/c1-9(2)18-13(19)12(14)11(7-16-18)17(3)8-10-5-4-6-15-10/h7,9-10,15H,4-6,8H2,1-3H3. The summed E-state index contributed by atoms with van der Waals surface area (Å²) in [5.41, 5.74) is 0.484. The van der Waals surface area contributed by atoms with Crippen molar-refractivity contribution in [2.75, 3.05) is 25.0 Å². The molecule has 1 fully saturated rings. The molecule has 1 aliphatic rings. The van der Waals surface area contributed by atoms with Crippen molar-refractivity contribution < 1.29 is 0 Å². The fourth-order valence-corrected chi connectivity index (χ4v) is 2.69. The van der Waals surface area contributed by atoms with Crippen molar-refractivity contribution in [1.82, 2.24) is 15.1 Å². The number of hydrogen-bond donors (Lipinski definition) is 1. The van der Waals surface area contributed by atoms with Gasteiger partial charge in [0.25, 0.3) is 5.56 Å². The molecule has 1 atom stereocenters. The summed E-state index contributed by atoms with van der Waals surface area (Å²) in [5.74, 6) is 0. The Kier molecular flexibility index (Phi) is 4.47. The zero-order chi connectivity index (χ0) is 14.0. The third-order valence-corrected chi connectivity index (χ3v) is 3.84. The van der Waals surface area contributed by atoms with Crippen LogP contribution in [0.5, 0.6) is 0 Å². The quantitative estimate of drug-likeness (QED) is 0.914. The molecule has 2 rings (SSSR count). The molecule has 1 aromatic rings. The SMILES string of the molecule is CC(C)n1ncc(N(C)CC2CCCN2)c(Cl)c1=O. The molecule has 1 aliphatic heterocycles. The molecule has 0 saturated carbocycles. The van der Waals surface area contributed by atoms with Gasteiger partial charge in [0.15, 0.2) is 0 Å². The van der Waals surface area contributed by atoms with Gasteiger partial charge in [0.1, 0.15) is 5.02 Å². The fraction of sp³-hybridized carbons (Fsp3) is 0.692. The van der Waals surface area contributed by atoms with Gasteiger partial charge in [-0.1, -0.05) is 11.6 Å². The molecule has 6 heteroatoms. The van der Waals surface area contributed by atoms with Gasteiger partial charge >= 0.3 is 0 Å². The Hall–Kier alpha value is -1.07. The van der Waals surface area contributed by atoms with Crippen molar-refractivity contribution in [3.05, 3.63) is 21.6 Å². The van der Waals surface area contributed by atoms with Gasteiger partial charge in [-0.05, 0) is 33.2 Å². The van der Waals surface area contributed by atoms with E-state index in [0.717, 1.165) is 13.1 Å². The predicted molar refractivity (Wildman–Crippen MR) is 78.2 cm³/mol. The highest BCUT2D eigenvalue weighted by atomic mass is 35.5. The average molecular weight is 285 g/mol. The summed E-state index contributed by atoms with van der Waals surface area (Å²) < 4.78 is 1.41. The molecule has 0 amide bonds. The second-order valence-electron chi connectivity index (χ2n) is 5.36. The van der Waals surface area contributed by atoms with Gasteiger partial charge in [-0.25, -0.2) is 4.68 Å². The number of likely N-dealkylation sites (N-methyl/N-ethyl adjacent to an activating group) is 1. The highest BCUT2D eigenvalue weighted by Crippen LogP contribution is 2.21. The van der Waals surface area contributed by atoms with Crippen LogP contribution in [0.1, 0.15) is 32.7 Å². The van der Waals surface area contributed by atoms with E-state index in [-0.39, 0.29) is 16.6 Å². The molecule has 0 aromatic carbocycles. The van der Waals surface area contributed by atoms with Crippen molar-refractivity contribution in [3.63, 3.8) is 0 Å². The van der Waals surface area contributed by atoms with E-state index in [0.29, 0.717) is 11.7 Å². The van der Waals surface area contributed by atoms with E-state index in [4.69, 9.17) is 11.6 Å². The summed E-state index contributed by atoms with van der Waals surface area (Å²) in [6, 6.07) is 0.481. The Morgan fingerprint density at radius 1 is 1.63 bits per heavy atom. The third-order valence-electron chi connectivity index (χ3n) is 3.48. The van der Waals surface area contributed by atoms with Crippen LogP contribution in [-0.2, 0) is 0 Å². The molecule has 1 aromatic heterocycles. The lowest BCUT2D eigenvalue weighted by Crippen LogP contribution is -2.36. The molecule has 106 valence electrons. The number of anilines is 1. The van der Waals surface area contributed by atoms with Gasteiger partial charge in [-0.2, -0.15) is 5.10 Å². The van der Waals surface area contributed by atoms with E-state index in [1.807, 2.05) is 25.8 Å². The first-order valence-electron chi connectivity index (χ1n) is 6.72. The monoisotopic (exact) mass is 284 g/mol. The first kappa shape index (κ1) is 14.3. The van der Waals surface area contributed by atoms with Crippen LogP contribution in [0, 0.1) is 0 Å². The Morgan fingerprint density at radius 2 is 2.37 bits per heavy atom. The summed E-state index contributed by atoms with van der Waals surface area (Å²) >= 11 is 6.19. The van der Waals surface area contributed by atoms with Gasteiger partial charge in [-0.3, -0.25) is 4.79 Å². The van der Waals surface area contributed by atoms with Crippen LogP contribution in [0.2, 0.25) is 5.02 Å². The molecule has 1 saturated heterocycles. The lowest BCUT2D eigenvalue weighted by Gasteiger charge is -2.24. The summed E-state index contributed by atoms with van der Waals surface area (Å²) in [7, 11) is 1.95. The van der Waals surface area contributed by atoms with Crippen molar-refractivity contribution in [1.29, 1.82) is 0 Å². The van der Waals surface area contributed by atoms with Gasteiger partial charge in [0, 0.05) is 19.6 Å². The number of nitrogens with one attached hydrogen (secondary N) is 1. The number of rotatable bonds is 4. The molecule has 2 heterocycles. The molecule has 1 N–H and O–H groups in total. The van der Waals surface area contributed by atoms with Crippen LogP contribution in [0.3, 0.4) is 0 Å². The highest BCUT2D eigenvalue weighted by molar-refractivity contribution is 6.33. The normalized spacial score (nSPS) is 19.1. The van der Waals surface area contributed by atoms with E-state index < -0.39 is 0 Å². The maximum absolute atomic E-state index is 12.1. The Balaban J connectivity index is 2.20. The van der Waals surface area contributed by atoms with Crippen LogP contribution >= 0.6 is 11.6 Å². The number of halogens is 1. The summed E-state index contributed by atoms with van der Waals surface area (Å²) in [6.07, 6.45) is 4.05. The summed E-state index contributed by atoms with van der Waals surface area (Å²) in [6.45, 7) is 5.74. The minimum Gasteiger partial charge on any atom is -0.370 e. The smallest absolute Gasteiger partial charge is 0.287 e. The minimum atomic E-state index is -0.222. The van der Waals surface area contributed by atoms with E-state index in [1.54, 1.807) is 6.20 Å². The van der Waals surface area contributed by atoms with Gasteiger partial charge < -0.3 is 10.2 Å². The fourth-order valence-electron chi connectivity index (χ4n) is 2.41. The van der Waals surface area contributed by atoms with E-state index in [2.05, 4.69) is 10.4 Å². The average Bonchev–Trinajstić information content (AvgIpc) is 2.84. The van der Waals surface area contributed by atoms with Crippen LogP contribution < -0.4 is 15.8 Å². The Morgan fingerprint density at radius 3 is 2.95 bits per heavy atom. The molecule has 0 radical (unpaired) electrons. The first-order chi connectivity index (χ1) is 9.00. The van der Waals surface area contributed by atoms with Crippen molar-refractivity contribution >= 4 is 17.3 Å². The molecular weight excluding hydrogens is 264 g/mol. The van der Waals surface area contributed by atoms with Gasteiger partial charge in [0.2, 0.25) is 0 Å². The number of nitrogens with zero attached hydrogens (tertiary/aromatic N) is 3. The molecule has 0 bridgehead atoms. The van der Waals surface area contributed by atoms with Crippen molar-refractivity contribution in [3.8, 4) is 0 Å². The second-order valence-corrected chi connectivity index (χ2v) is 5.74. The van der Waals surface area contributed by atoms with E-state index >= 15 is 0 Å². The van der Waals surface area contributed by atoms with Crippen LogP contribution in [-0.4, -0.2) is 36.0 Å². The second kappa shape index (κ2) is 5.92. The lowest BCUT2D eigenvalue weighted by molar-refractivity contribution is 0.501. The van der Waals surface area contributed by atoms with E-state index in [1.165, 1.54) is 17.5 Å². The number of aromatic nitrogens is 2. The van der Waals surface area contributed by atoms with Gasteiger partial charge in [0.05, 0.1) is 17.9 Å². The lowest BCUT2D eigenvalue weighted by atomic mass is 10.2. The van der Waals surface area contributed by atoms with Crippen molar-refractivity contribution in [2.45, 2.75) is 38.8 Å². The maximum Gasteiger partial charge on any atom is 0.287 e. The van der Waals surface area contributed by atoms with Gasteiger partial charge in [-0.15, -0.1) is 0 Å². The van der Waals surface area contributed by atoms with Crippen LogP contribution in [0.25, 0.3) is 0 Å². The summed E-state index contributed by atoms with van der Waals surface area (Å²) in [5, 5.41) is 7.88. The molecule has 19 heavy (non-hydrogen) atoms. The first-order valence-corrected chi connectivity index (χ1v) is 7.10. The third kappa shape index (κ3) is 3.09. The molecular formula is C13H21ClN4O. The van der Waals surface area contributed by atoms with Crippen LogP contribution in [0.15, 0.2) is 11.0 Å². The zero-order valence-electron chi connectivity index (χ0n) is 11.7. The van der Waals surface area contributed by atoms with Crippen LogP contribution in [0.4, 0.5) is 5.69 Å². The molecule has 0 spiro atoms. The number of hydrogen-bond acceptors (Lipinski definition) is 4. The minimum absolute atomic E-state index is 0.0147. The predicted octanol–water partition coefficient (Wildman–Crippen LogP) is 1.67. The Bertz CT molecular complexity index is 494. The Labute approximate surface area is 118 Å². The zero-order valence-corrected chi connectivity index (χ0v) is 12.4. The van der Waals surface area contributed by atoms with E-state index in [9.17, 15) is 4.79 Å². The topological polar surface area (TPSA) is 50.2 Å².